The van der Waals surface area contributed by atoms with E-state index in [1.54, 1.807) is 4.57 Å². The zero-order valence-corrected chi connectivity index (χ0v) is 21.1. The van der Waals surface area contributed by atoms with Crippen molar-refractivity contribution in [2.24, 2.45) is 10.9 Å². The highest BCUT2D eigenvalue weighted by molar-refractivity contribution is 7.89. The second-order valence-corrected chi connectivity index (χ2v) is 11.2. The standard InChI is InChI=1S/C24H26FN3O5S2/c1-3-16-4-9-20-21(14-16)34-24(28(20)15-22(29)33-2)26-23(30)17-10-12-27(13-11-17)35(31,32)19-7-5-18(25)6-8-19/h4-9,14,17H,3,10-13,15H2,1-2H3. The molecule has 1 amide bonds. The van der Waals surface area contributed by atoms with Gasteiger partial charge in [-0.1, -0.05) is 24.3 Å². The predicted octanol–water partition coefficient (Wildman–Crippen LogP) is 3.11. The van der Waals surface area contributed by atoms with Crippen molar-refractivity contribution in [3.8, 4) is 0 Å². The summed E-state index contributed by atoms with van der Waals surface area (Å²) in [5, 5.41) is 0. The van der Waals surface area contributed by atoms with Crippen molar-refractivity contribution in [2.75, 3.05) is 20.2 Å². The highest BCUT2D eigenvalue weighted by Gasteiger charge is 2.32. The van der Waals surface area contributed by atoms with Gasteiger partial charge in [0.1, 0.15) is 12.4 Å². The largest absolute Gasteiger partial charge is 0.468 e. The van der Waals surface area contributed by atoms with Gasteiger partial charge in [-0.05, 0) is 61.2 Å². The first-order valence-electron chi connectivity index (χ1n) is 11.3. The lowest BCUT2D eigenvalue weighted by atomic mass is 9.98. The van der Waals surface area contributed by atoms with E-state index in [0.29, 0.717) is 17.6 Å². The van der Waals surface area contributed by atoms with Crippen molar-refractivity contribution in [3.05, 3.63) is 58.6 Å². The van der Waals surface area contributed by atoms with Crippen molar-refractivity contribution in [3.63, 3.8) is 0 Å². The molecule has 0 unspecified atom stereocenters. The lowest BCUT2D eigenvalue weighted by molar-refractivity contribution is -0.141. The first-order chi connectivity index (χ1) is 16.7. The summed E-state index contributed by atoms with van der Waals surface area (Å²) < 4.78 is 47.6. The van der Waals surface area contributed by atoms with Gasteiger partial charge in [0.2, 0.25) is 10.0 Å². The van der Waals surface area contributed by atoms with Crippen molar-refractivity contribution in [1.82, 2.24) is 8.87 Å². The number of carbonyl (C=O) groups excluding carboxylic acids is 2. The SMILES string of the molecule is CCc1ccc2c(c1)sc(=NC(=O)C1CCN(S(=O)(=O)c3ccc(F)cc3)CC1)n2CC(=O)OC. The maximum absolute atomic E-state index is 13.2. The number of carbonyl (C=O) groups is 2. The van der Waals surface area contributed by atoms with Crippen LogP contribution in [0.15, 0.2) is 52.4 Å². The monoisotopic (exact) mass is 519 g/mol. The van der Waals surface area contributed by atoms with Gasteiger partial charge < -0.3 is 9.30 Å². The molecule has 0 aliphatic carbocycles. The summed E-state index contributed by atoms with van der Waals surface area (Å²) in [7, 11) is -2.45. The number of aromatic nitrogens is 1. The summed E-state index contributed by atoms with van der Waals surface area (Å²) in [5.41, 5.74) is 1.93. The molecule has 1 aromatic heterocycles. The molecule has 1 fully saturated rings. The summed E-state index contributed by atoms with van der Waals surface area (Å²) in [6.45, 7) is 2.32. The minimum absolute atomic E-state index is 0.0222. The number of amides is 1. The Bertz CT molecular complexity index is 1420. The molecule has 3 aromatic rings. The number of fused-ring (bicyclic) bond motifs is 1. The van der Waals surface area contributed by atoms with Gasteiger partial charge in [-0.15, -0.1) is 0 Å². The van der Waals surface area contributed by atoms with E-state index in [9.17, 15) is 22.4 Å². The first kappa shape index (κ1) is 25.2. The summed E-state index contributed by atoms with van der Waals surface area (Å²) in [5.74, 6) is -1.73. The number of hydrogen-bond donors (Lipinski definition) is 0. The number of esters is 1. The molecular formula is C24H26FN3O5S2. The van der Waals surface area contributed by atoms with E-state index < -0.39 is 27.7 Å². The Kier molecular flexibility index (Phi) is 7.48. The molecule has 1 saturated heterocycles. The average molecular weight is 520 g/mol. The molecule has 1 aliphatic rings. The Hall–Kier alpha value is -2.89. The van der Waals surface area contributed by atoms with E-state index in [-0.39, 0.29) is 30.4 Å². The molecule has 2 heterocycles. The number of thiazole rings is 1. The molecule has 0 saturated carbocycles. The fourth-order valence-electron chi connectivity index (χ4n) is 4.05. The van der Waals surface area contributed by atoms with Crippen LogP contribution in [0.5, 0.6) is 0 Å². The molecule has 0 bridgehead atoms. The minimum Gasteiger partial charge on any atom is -0.468 e. The number of methoxy groups -OCH3 is 1. The van der Waals surface area contributed by atoms with E-state index >= 15 is 0 Å². The Morgan fingerprint density at radius 3 is 2.46 bits per heavy atom. The van der Waals surface area contributed by atoms with Gasteiger partial charge in [0.15, 0.2) is 4.80 Å². The fourth-order valence-corrected chi connectivity index (χ4v) is 6.62. The van der Waals surface area contributed by atoms with Crippen molar-refractivity contribution in [1.29, 1.82) is 0 Å². The number of nitrogens with zero attached hydrogens (tertiary/aromatic N) is 3. The molecule has 4 rings (SSSR count). The van der Waals surface area contributed by atoms with Crippen LogP contribution in [0, 0.1) is 11.7 Å². The van der Waals surface area contributed by atoms with Gasteiger partial charge in [-0.25, -0.2) is 12.8 Å². The minimum atomic E-state index is -3.76. The maximum atomic E-state index is 13.2. The molecule has 11 heteroatoms. The van der Waals surface area contributed by atoms with E-state index in [4.69, 9.17) is 4.74 Å². The van der Waals surface area contributed by atoms with E-state index in [2.05, 4.69) is 11.9 Å². The smallest absolute Gasteiger partial charge is 0.325 e. The Morgan fingerprint density at radius 2 is 1.83 bits per heavy atom. The van der Waals surface area contributed by atoms with Gasteiger partial charge in [-0.2, -0.15) is 9.30 Å². The van der Waals surface area contributed by atoms with Crippen LogP contribution in [0.1, 0.15) is 25.3 Å². The fraction of sp³-hybridized carbons (Fsp3) is 0.375. The number of ether oxygens (including phenoxy) is 1. The summed E-state index contributed by atoms with van der Waals surface area (Å²) >= 11 is 1.33. The highest BCUT2D eigenvalue weighted by Crippen LogP contribution is 2.25. The predicted molar refractivity (Wildman–Crippen MR) is 130 cm³/mol. The molecular weight excluding hydrogens is 493 g/mol. The highest BCUT2D eigenvalue weighted by atomic mass is 32.2. The molecule has 1 aliphatic heterocycles. The molecule has 8 nitrogen and oxygen atoms in total. The van der Waals surface area contributed by atoms with Crippen molar-refractivity contribution < 1.29 is 27.1 Å². The Balaban J connectivity index is 1.55. The van der Waals surface area contributed by atoms with E-state index in [0.717, 1.165) is 34.3 Å². The van der Waals surface area contributed by atoms with E-state index in [1.165, 1.54) is 34.9 Å². The van der Waals surface area contributed by atoms with Crippen LogP contribution in [0.4, 0.5) is 4.39 Å². The molecule has 0 atom stereocenters. The number of aryl methyl sites for hydroxylation is 1. The molecule has 0 N–H and O–H groups in total. The average Bonchev–Trinajstić information content (AvgIpc) is 3.19. The van der Waals surface area contributed by atoms with Crippen LogP contribution < -0.4 is 4.80 Å². The number of benzene rings is 2. The Morgan fingerprint density at radius 1 is 1.14 bits per heavy atom. The van der Waals surface area contributed by atoms with Crippen LogP contribution in [0.25, 0.3) is 10.2 Å². The number of sulfonamides is 1. The number of piperidine rings is 1. The van der Waals surface area contributed by atoms with Crippen LogP contribution >= 0.6 is 11.3 Å². The zero-order chi connectivity index (χ0) is 25.2. The maximum Gasteiger partial charge on any atom is 0.325 e. The van der Waals surface area contributed by atoms with Crippen LogP contribution in [0.3, 0.4) is 0 Å². The second kappa shape index (κ2) is 10.4. The van der Waals surface area contributed by atoms with Crippen molar-refractivity contribution in [2.45, 2.75) is 37.6 Å². The summed E-state index contributed by atoms with van der Waals surface area (Å²) in [6.07, 6.45) is 1.50. The summed E-state index contributed by atoms with van der Waals surface area (Å²) in [4.78, 5) is 29.8. The zero-order valence-electron chi connectivity index (χ0n) is 19.4. The number of halogens is 1. The third-order valence-electron chi connectivity index (χ3n) is 6.13. The molecule has 0 spiro atoms. The second-order valence-electron chi connectivity index (χ2n) is 8.28. The van der Waals surface area contributed by atoms with E-state index in [1.807, 2.05) is 18.2 Å². The summed E-state index contributed by atoms with van der Waals surface area (Å²) in [6, 6.07) is 10.6. The van der Waals surface area contributed by atoms with Gasteiger partial charge in [0, 0.05) is 19.0 Å². The van der Waals surface area contributed by atoms with Crippen molar-refractivity contribution >= 4 is 43.5 Å². The Labute approximate surface area is 206 Å². The molecule has 186 valence electrons. The van der Waals surface area contributed by atoms with Crippen LogP contribution in [-0.4, -0.2) is 49.4 Å². The molecule has 0 radical (unpaired) electrons. The van der Waals surface area contributed by atoms with Gasteiger partial charge in [0.05, 0.1) is 22.2 Å². The lowest BCUT2D eigenvalue weighted by Crippen LogP contribution is -2.40. The van der Waals surface area contributed by atoms with Gasteiger partial charge in [-0.3, -0.25) is 9.59 Å². The van der Waals surface area contributed by atoms with Crippen LogP contribution in [-0.2, 0) is 37.3 Å². The molecule has 35 heavy (non-hydrogen) atoms. The third-order valence-corrected chi connectivity index (χ3v) is 9.08. The number of rotatable bonds is 6. The first-order valence-corrected chi connectivity index (χ1v) is 13.5. The normalized spacial score (nSPS) is 16.0. The quantitative estimate of drug-likeness (QED) is 0.466. The van der Waals surface area contributed by atoms with Gasteiger partial charge >= 0.3 is 5.97 Å². The topological polar surface area (TPSA) is 98.0 Å². The molecule has 2 aromatic carbocycles. The number of hydrogen-bond acceptors (Lipinski definition) is 6. The third kappa shape index (κ3) is 5.36. The lowest BCUT2D eigenvalue weighted by Gasteiger charge is -2.29. The van der Waals surface area contributed by atoms with Gasteiger partial charge in [0.25, 0.3) is 5.91 Å². The van der Waals surface area contributed by atoms with Crippen LogP contribution in [0.2, 0.25) is 0 Å².